The van der Waals surface area contributed by atoms with Crippen LogP contribution in [0.5, 0.6) is 0 Å². The Bertz CT molecular complexity index is 413. The second-order valence-electron chi connectivity index (χ2n) is 4.03. The average Bonchev–Trinajstić information content (AvgIpc) is 2.32. The molecule has 1 aliphatic rings. The molecular formula is C13H15NO2. The second-order valence-corrected chi connectivity index (χ2v) is 4.03. The first-order valence-corrected chi connectivity index (χ1v) is 5.29. The van der Waals surface area contributed by atoms with Crippen molar-refractivity contribution in [3.63, 3.8) is 0 Å². The van der Waals surface area contributed by atoms with Crippen LogP contribution in [0.2, 0.25) is 0 Å². The Kier molecular flexibility index (Phi) is 2.69. The summed E-state index contributed by atoms with van der Waals surface area (Å²) in [5.74, 6) is 0.0779. The minimum atomic E-state index is -0.139. The van der Waals surface area contributed by atoms with Crippen LogP contribution in [0.4, 0.5) is 0 Å². The maximum Gasteiger partial charge on any atom is 0.288 e. The van der Waals surface area contributed by atoms with E-state index in [0.717, 1.165) is 5.56 Å². The van der Waals surface area contributed by atoms with Gasteiger partial charge in [0.15, 0.2) is 5.76 Å². The number of carbonyl (C=O) groups excluding carboxylic acids is 1. The van der Waals surface area contributed by atoms with Gasteiger partial charge in [-0.3, -0.25) is 4.79 Å². The van der Waals surface area contributed by atoms with Crippen LogP contribution in [-0.2, 0) is 9.53 Å². The summed E-state index contributed by atoms with van der Waals surface area (Å²) in [6, 6.07) is 9.90. The molecule has 0 aromatic heterocycles. The van der Waals surface area contributed by atoms with Gasteiger partial charge in [-0.15, -0.1) is 0 Å². The maximum absolute atomic E-state index is 11.6. The highest BCUT2D eigenvalue weighted by Gasteiger charge is 2.35. The van der Waals surface area contributed by atoms with Crippen molar-refractivity contribution in [3.05, 3.63) is 48.2 Å². The molecule has 0 saturated carbocycles. The van der Waals surface area contributed by atoms with Crippen LogP contribution >= 0.6 is 0 Å². The van der Waals surface area contributed by atoms with Crippen LogP contribution in [0.3, 0.4) is 0 Å². The summed E-state index contributed by atoms with van der Waals surface area (Å²) in [4.78, 5) is 13.3. The number of benzene rings is 1. The van der Waals surface area contributed by atoms with Crippen molar-refractivity contribution in [1.29, 1.82) is 0 Å². The lowest BCUT2D eigenvalue weighted by Gasteiger charge is -2.38. The number of hydrogen-bond acceptors (Lipinski definition) is 2. The van der Waals surface area contributed by atoms with Gasteiger partial charge in [0.1, 0.15) is 6.10 Å². The molecule has 0 aliphatic carbocycles. The summed E-state index contributed by atoms with van der Waals surface area (Å²) in [6.07, 6.45) is -0.128. The molecule has 84 valence electrons. The van der Waals surface area contributed by atoms with E-state index in [1.807, 2.05) is 37.3 Å². The zero-order valence-corrected chi connectivity index (χ0v) is 9.51. The third-order valence-electron chi connectivity index (χ3n) is 3.01. The van der Waals surface area contributed by atoms with Crippen molar-refractivity contribution in [2.45, 2.75) is 19.1 Å². The Morgan fingerprint density at radius 1 is 1.31 bits per heavy atom. The molecule has 16 heavy (non-hydrogen) atoms. The van der Waals surface area contributed by atoms with E-state index in [0.29, 0.717) is 0 Å². The topological polar surface area (TPSA) is 29.5 Å². The van der Waals surface area contributed by atoms with Gasteiger partial charge < -0.3 is 9.64 Å². The third-order valence-corrected chi connectivity index (χ3v) is 3.01. The molecule has 0 spiro atoms. The fourth-order valence-corrected chi connectivity index (χ4v) is 1.88. The molecule has 0 bridgehead atoms. The van der Waals surface area contributed by atoms with Crippen molar-refractivity contribution < 1.29 is 9.53 Å². The third kappa shape index (κ3) is 1.69. The van der Waals surface area contributed by atoms with Crippen LogP contribution in [0.15, 0.2) is 42.7 Å². The minimum absolute atomic E-state index is 0.0143. The molecule has 0 N–H and O–H groups in total. The monoisotopic (exact) mass is 217 g/mol. The summed E-state index contributed by atoms with van der Waals surface area (Å²) in [6.45, 7) is 5.62. The number of likely N-dealkylation sites (N-methyl/N-ethyl adjacent to an activating group) is 1. The quantitative estimate of drug-likeness (QED) is 0.674. The standard InChI is InChI=1S/C13H15NO2/c1-9-12(11-7-5-4-6-8-11)16-10(2)13(15)14(9)3/h4-9,12H,2H2,1,3H3/t9-,12-/m0/s1. The summed E-state index contributed by atoms with van der Waals surface area (Å²) < 4.78 is 5.58. The van der Waals surface area contributed by atoms with Crippen molar-refractivity contribution in [2.24, 2.45) is 0 Å². The fraction of sp³-hybridized carbons (Fsp3) is 0.308. The molecule has 1 saturated heterocycles. The first-order valence-electron chi connectivity index (χ1n) is 5.29. The van der Waals surface area contributed by atoms with Gasteiger partial charge in [0.05, 0.1) is 6.04 Å². The van der Waals surface area contributed by atoms with Gasteiger partial charge in [-0.25, -0.2) is 0 Å². The van der Waals surface area contributed by atoms with Gasteiger partial charge >= 0.3 is 0 Å². The molecule has 0 radical (unpaired) electrons. The van der Waals surface area contributed by atoms with E-state index in [-0.39, 0.29) is 23.8 Å². The number of rotatable bonds is 1. The highest BCUT2D eigenvalue weighted by atomic mass is 16.5. The Morgan fingerprint density at radius 2 is 1.94 bits per heavy atom. The lowest BCUT2D eigenvalue weighted by molar-refractivity contribution is -0.143. The summed E-state index contributed by atoms with van der Waals surface area (Å²) >= 11 is 0. The van der Waals surface area contributed by atoms with E-state index in [2.05, 4.69) is 6.58 Å². The number of morpholine rings is 1. The fourth-order valence-electron chi connectivity index (χ4n) is 1.88. The van der Waals surface area contributed by atoms with E-state index in [9.17, 15) is 4.79 Å². The van der Waals surface area contributed by atoms with Crippen LogP contribution in [-0.4, -0.2) is 23.9 Å². The minimum Gasteiger partial charge on any atom is -0.478 e. The Labute approximate surface area is 95.3 Å². The molecule has 1 fully saturated rings. The van der Waals surface area contributed by atoms with Crippen LogP contribution in [0.1, 0.15) is 18.6 Å². The van der Waals surface area contributed by atoms with Gasteiger partial charge in [-0.05, 0) is 12.5 Å². The Balaban J connectivity index is 2.30. The zero-order chi connectivity index (χ0) is 11.7. The van der Waals surface area contributed by atoms with E-state index in [1.165, 1.54) is 0 Å². The van der Waals surface area contributed by atoms with E-state index in [1.54, 1.807) is 11.9 Å². The number of amides is 1. The van der Waals surface area contributed by atoms with Gasteiger partial charge in [0.25, 0.3) is 5.91 Å². The lowest BCUT2D eigenvalue weighted by Crippen LogP contribution is -2.45. The molecule has 3 heteroatoms. The highest BCUT2D eigenvalue weighted by Crippen LogP contribution is 2.31. The number of hydrogen-bond donors (Lipinski definition) is 0. The van der Waals surface area contributed by atoms with Crippen LogP contribution < -0.4 is 0 Å². The maximum atomic E-state index is 11.6. The zero-order valence-electron chi connectivity index (χ0n) is 9.51. The van der Waals surface area contributed by atoms with Crippen molar-refractivity contribution in [2.75, 3.05) is 7.05 Å². The normalized spacial score (nSPS) is 25.5. The van der Waals surface area contributed by atoms with Gasteiger partial charge in [0.2, 0.25) is 0 Å². The molecule has 2 atom stereocenters. The van der Waals surface area contributed by atoms with Crippen molar-refractivity contribution in [1.82, 2.24) is 4.90 Å². The van der Waals surface area contributed by atoms with E-state index < -0.39 is 0 Å². The predicted molar refractivity (Wildman–Crippen MR) is 61.6 cm³/mol. The van der Waals surface area contributed by atoms with Crippen LogP contribution in [0.25, 0.3) is 0 Å². The molecule has 2 rings (SSSR count). The largest absolute Gasteiger partial charge is 0.478 e. The van der Waals surface area contributed by atoms with E-state index >= 15 is 0 Å². The number of carbonyl (C=O) groups is 1. The van der Waals surface area contributed by atoms with Gasteiger partial charge in [-0.2, -0.15) is 0 Å². The predicted octanol–water partition coefficient (Wildman–Crippen LogP) is 2.12. The molecule has 0 unspecified atom stereocenters. The number of nitrogens with zero attached hydrogens (tertiary/aromatic N) is 1. The molecule has 3 nitrogen and oxygen atoms in total. The average molecular weight is 217 g/mol. The van der Waals surface area contributed by atoms with E-state index in [4.69, 9.17) is 4.74 Å². The number of ether oxygens (including phenoxy) is 1. The smallest absolute Gasteiger partial charge is 0.288 e. The molecule has 1 amide bonds. The molecule has 1 aromatic carbocycles. The van der Waals surface area contributed by atoms with Gasteiger partial charge in [-0.1, -0.05) is 36.9 Å². The first kappa shape index (κ1) is 10.7. The SMILES string of the molecule is C=C1O[C@H](c2ccccc2)[C@H](C)N(C)C1=O. The summed E-state index contributed by atoms with van der Waals surface area (Å²) in [5.41, 5.74) is 1.07. The summed E-state index contributed by atoms with van der Waals surface area (Å²) in [5, 5.41) is 0. The second kappa shape index (κ2) is 4.00. The Morgan fingerprint density at radius 3 is 2.56 bits per heavy atom. The Hall–Kier alpha value is -1.77. The van der Waals surface area contributed by atoms with Crippen molar-refractivity contribution in [3.8, 4) is 0 Å². The molecule has 1 aliphatic heterocycles. The lowest BCUT2D eigenvalue weighted by atomic mass is 10.0. The van der Waals surface area contributed by atoms with Crippen molar-refractivity contribution >= 4 is 5.91 Å². The molecule has 1 heterocycles. The van der Waals surface area contributed by atoms with Gasteiger partial charge in [0, 0.05) is 7.05 Å². The molecule has 1 aromatic rings. The molecular weight excluding hydrogens is 202 g/mol. The summed E-state index contributed by atoms with van der Waals surface area (Å²) in [7, 11) is 1.77. The highest BCUT2D eigenvalue weighted by molar-refractivity contribution is 5.91. The first-order chi connectivity index (χ1) is 7.61. The van der Waals surface area contributed by atoms with Crippen LogP contribution in [0, 0.1) is 0 Å².